The van der Waals surface area contributed by atoms with Crippen molar-refractivity contribution in [3.8, 4) is 0 Å². The van der Waals surface area contributed by atoms with Gasteiger partial charge in [-0.15, -0.1) is 10.2 Å². The van der Waals surface area contributed by atoms with E-state index in [1.807, 2.05) is 0 Å². The standard InChI is InChI=1S/C6H6F3N3/c7-6(8,9)5-11-10-4-2-1-3-12(4)5/h1-3H2. The molecule has 2 rings (SSSR count). The summed E-state index contributed by atoms with van der Waals surface area (Å²) in [5.41, 5.74) is 0. The first kappa shape index (κ1) is 7.57. The molecular formula is C6H6F3N3. The van der Waals surface area contributed by atoms with Crippen LogP contribution in [0.5, 0.6) is 0 Å². The summed E-state index contributed by atoms with van der Waals surface area (Å²) in [5.74, 6) is -0.419. The molecule has 0 saturated carbocycles. The van der Waals surface area contributed by atoms with Crippen LogP contribution in [-0.4, -0.2) is 14.8 Å². The fourth-order valence-electron chi connectivity index (χ4n) is 1.36. The molecule has 2 heterocycles. The Hall–Kier alpha value is -1.07. The van der Waals surface area contributed by atoms with Gasteiger partial charge in [-0.05, 0) is 6.42 Å². The Morgan fingerprint density at radius 1 is 1.25 bits per heavy atom. The van der Waals surface area contributed by atoms with Gasteiger partial charge in [-0.25, -0.2) is 0 Å². The molecule has 6 heteroatoms. The van der Waals surface area contributed by atoms with Crippen molar-refractivity contribution in [1.82, 2.24) is 14.8 Å². The van der Waals surface area contributed by atoms with Crippen LogP contribution in [0.2, 0.25) is 0 Å². The van der Waals surface area contributed by atoms with Gasteiger partial charge in [0.1, 0.15) is 5.82 Å². The van der Waals surface area contributed by atoms with Crippen LogP contribution in [0.25, 0.3) is 0 Å². The van der Waals surface area contributed by atoms with Crippen molar-refractivity contribution in [3.63, 3.8) is 0 Å². The third kappa shape index (κ3) is 0.981. The minimum atomic E-state index is -4.37. The number of hydrogen-bond donors (Lipinski definition) is 0. The second-order valence-electron chi connectivity index (χ2n) is 2.69. The number of fused-ring (bicyclic) bond motifs is 1. The molecule has 0 saturated heterocycles. The highest BCUT2D eigenvalue weighted by molar-refractivity contribution is 5.03. The number of aryl methyl sites for hydroxylation is 1. The molecule has 0 radical (unpaired) electrons. The molecule has 1 aromatic heterocycles. The topological polar surface area (TPSA) is 30.7 Å². The molecule has 12 heavy (non-hydrogen) atoms. The van der Waals surface area contributed by atoms with Gasteiger partial charge in [0, 0.05) is 13.0 Å². The first-order chi connectivity index (χ1) is 5.59. The summed E-state index contributed by atoms with van der Waals surface area (Å²) in [7, 11) is 0. The molecular weight excluding hydrogens is 171 g/mol. The van der Waals surface area contributed by atoms with Crippen molar-refractivity contribution < 1.29 is 13.2 Å². The zero-order chi connectivity index (χ0) is 8.77. The maximum Gasteiger partial charge on any atom is 0.451 e. The summed E-state index contributed by atoms with van der Waals surface area (Å²) in [4.78, 5) is 0. The maximum atomic E-state index is 12.2. The van der Waals surface area contributed by atoms with E-state index >= 15 is 0 Å². The van der Waals surface area contributed by atoms with Crippen LogP contribution in [-0.2, 0) is 19.1 Å². The predicted octanol–water partition coefficient (Wildman–Crippen LogP) is 1.24. The molecule has 1 aliphatic rings. The van der Waals surface area contributed by atoms with Gasteiger partial charge in [0.2, 0.25) is 5.82 Å². The minimum absolute atomic E-state index is 0.386. The molecule has 1 aromatic rings. The summed E-state index contributed by atoms with van der Waals surface area (Å²) in [6, 6.07) is 0. The Kier molecular flexibility index (Phi) is 1.39. The van der Waals surface area contributed by atoms with E-state index in [0.29, 0.717) is 18.8 Å². The number of aromatic nitrogens is 3. The lowest BCUT2D eigenvalue weighted by Crippen LogP contribution is -2.13. The number of hydrogen-bond acceptors (Lipinski definition) is 2. The molecule has 0 bridgehead atoms. The van der Waals surface area contributed by atoms with Crippen molar-refractivity contribution in [2.45, 2.75) is 25.6 Å². The highest BCUT2D eigenvalue weighted by Gasteiger charge is 2.39. The van der Waals surface area contributed by atoms with Crippen molar-refractivity contribution in [2.24, 2.45) is 0 Å². The zero-order valence-electron chi connectivity index (χ0n) is 6.10. The largest absolute Gasteiger partial charge is 0.451 e. The molecule has 0 unspecified atom stereocenters. The van der Waals surface area contributed by atoms with Crippen LogP contribution < -0.4 is 0 Å². The SMILES string of the molecule is FC(F)(F)c1nnc2n1CCC2. The third-order valence-electron chi connectivity index (χ3n) is 1.86. The summed E-state index contributed by atoms with van der Waals surface area (Å²) >= 11 is 0. The number of halogens is 3. The molecule has 0 amide bonds. The lowest BCUT2D eigenvalue weighted by Gasteiger charge is -2.05. The van der Waals surface area contributed by atoms with E-state index in [-0.39, 0.29) is 0 Å². The zero-order valence-corrected chi connectivity index (χ0v) is 6.10. The van der Waals surface area contributed by atoms with Crippen molar-refractivity contribution in [3.05, 3.63) is 11.6 Å². The van der Waals surface area contributed by atoms with E-state index in [1.54, 1.807) is 0 Å². The van der Waals surface area contributed by atoms with Crippen LogP contribution in [0.15, 0.2) is 0 Å². The van der Waals surface area contributed by atoms with Gasteiger partial charge < -0.3 is 4.57 Å². The Bertz CT molecular complexity index is 301. The molecule has 0 atom stereocenters. The van der Waals surface area contributed by atoms with Crippen LogP contribution in [0.4, 0.5) is 13.2 Å². The third-order valence-corrected chi connectivity index (χ3v) is 1.86. The van der Waals surface area contributed by atoms with Crippen LogP contribution >= 0.6 is 0 Å². The summed E-state index contributed by atoms with van der Waals surface area (Å²) < 4.78 is 37.6. The smallest absolute Gasteiger partial charge is 0.307 e. The lowest BCUT2D eigenvalue weighted by molar-refractivity contribution is -0.147. The fraction of sp³-hybridized carbons (Fsp3) is 0.667. The number of alkyl halides is 3. The monoisotopic (exact) mass is 177 g/mol. The number of rotatable bonds is 0. The first-order valence-electron chi connectivity index (χ1n) is 3.58. The molecule has 0 fully saturated rings. The quantitative estimate of drug-likeness (QED) is 0.597. The van der Waals surface area contributed by atoms with Crippen molar-refractivity contribution in [2.75, 3.05) is 0 Å². The molecule has 0 aromatic carbocycles. The summed E-state index contributed by atoms with van der Waals surface area (Å²) in [5, 5.41) is 6.55. The lowest BCUT2D eigenvalue weighted by atomic mass is 10.4. The molecule has 3 nitrogen and oxygen atoms in total. The van der Waals surface area contributed by atoms with E-state index in [9.17, 15) is 13.2 Å². The Morgan fingerprint density at radius 3 is 2.67 bits per heavy atom. The average Bonchev–Trinajstić information content (AvgIpc) is 2.37. The second kappa shape index (κ2) is 2.21. The molecule has 0 spiro atoms. The van der Waals surface area contributed by atoms with Gasteiger partial charge >= 0.3 is 6.18 Å². The van der Waals surface area contributed by atoms with Crippen molar-refractivity contribution >= 4 is 0 Å². The Labute approximate surface area is 66.2 Å². The maximum absolute atomic E-state index is 12.2. The van der Waals surface area contributed by atoms with E-state index in [0.717, 1.165) is 11.0 Å². The Balaban J connectivity index is 2.46. The van der Waals surface area contributed by atoms with Crippen LogP contribution in [0.1, 0.15) is 18.1 Å². The van der Waals surface area contributed by atoms with Gasteiger partial charge in [-0.3, -0.25) is 0 Å². The Morgan fingerprint density at radius 2 is 2.00 bits per heavy atom. The molecule has 0 N–H and O–H groups in total. The predicted molar refractivity (Wildman–Crippen MR) is 33.3 cm³/mol. The summed E-state index contributed by atoms with van der Waals surface area (Å²) in [6.45, 7) is 0.386. The number of nitrogens with zero attached hydrogens (tertiary/aromatic N) is 3. The molecule has 1 aliphatic heterocycles. The highest BCUT2D eigenvalue weighted by Crippen LogP contribution is 2.30. The average molecular weight is 177 g/mol. The van der Waals surface area contributed by atoms with Gasteiger partial charge in [-0.1, -0.05) is 0 Å². The fourth-order valence-corrected chi connectivity index (χ4v) is 1.36. The summed E-state index contributed by atoms with van der Waals surface area (Å²) in [6.07, 6.45) is -3.04. The first-order valence-corrected chi connectivity index (χ1v) is 3.58. The van der Waals surface area contributed by atoms with Gasteiger partial charge in [0.25, 0.3) is 0 Å². The van der Waals surface area contributed by atoms with Gasteiger partial charge in [0.15, 0.2) is 0 Å². The second-order valence-corrected chi connectivity index (χ2v) is 2.69. The van der Waals surface area contributed by atoms with Crippen LogP contribution in [0, 0.1) is 0 Å². The molecule has 0 aliphatic carbocycles. The van der Waals surface area contributed by atoms with E-state index in [1.165, 1.54) is 0 Å². The molecule has 66 valence electrons. The van der Waals surface area contributed by atoms with E-state index in [4.69, 9.17) is 0 Å². The van der Waals surface area contributed by atoms with E-state index in [2.05, 4.69) is 10.2 Å². The van der Waals surface area contributed by atoms with Gasteiger partial charge in [0.05, 0.1) is 0 Å². The van der Waals surface area contributed by atoms with Gasteiger partial charge in [-0.2, -0.15) is 13.2 Å². The van der Waals surface area contributed by atoms with E-state index < -0.39 is 12.0 Å². The minimum Gasteiger partial charge on any atom is -0.307 e. The van der Waals surface area contributed by atoms with Crippen LogP contribution in [0.3, 0.4) is 0 Å². The highest BCUT2D eigenvalue weighted by atomic mass is 19.4. The normalized spacial score (nSPS) is 16.6. The van der Waals surface area contributed by atoms with Crippen molar-refractivity contribution in [1.29, 1.82) is 0 Å².